The number of aromatic nitrogens is 1. The Morgan fingerprint density at radius 1 is 1.21 bits per heavy atom. The molecule has 0 atom stereocenters. The van der Waals surface area contributed by atoms with Crippen LogP contribution in [0.5, 0.6) is 17.4 Å². The maximum atomic E-state index is 12.2. The molecule has 1 amide bonds. The van der Waals surface area contributed by atoms with E-state index in [0.717, 1.165) is 18.2 Å². The maximum absolute atomic E-state index is 12.2. The minimum Gasteiger partial charge on any atom is -0.467 e. The zero-order valence-corrected chi connectivity index (χ0v) is 22.0. The monoisotopic (exact) mass is 598 g/mol. The number of aryl methyl sites for hydroxylation is 1. The number of nitro benzene ring substituents is 2. The van der Waals surface area contributed by atoms with E-state index in [1.807, 2.05) is 6.07 Å². The second-order valence-corrected chi connectivity index (χ2v) is 8.43. The number of nitro groups is 2. The second kappa shape index (κ2) is 13.0. The molecule has 0 bridgehead atoms. The van der Waals surface area contributed by atoms with Gasteiger partial charge in [0, 0.05) is 23.2 Å². The number of hydrogen-bond acceptors (Lipinski definition) is 11. The molecule has 0 spiro atoms. The van der Waals surface area contributed by atoms with Crippen molar-refractivity contribution >= 4 is 39.4 Å². The fraction of sp³-hybridized carbons (Fsp3) is 0.167. The third kappa shape index (κ3) is 7.31. The third-order valence-electron chi connectivity index (χ3n) is 4.97. The van der Waals surface area contributed by atoms with Crippen molar-refractivity contribution in [2.75, 3.05) is 13.7 Å². The first-order valence-electron chi connectivity index (χ1n) is 10.9. The van der Waals surface area contributed by atoms with Crippen LogP contribution in [0.3, 0.4) is 0 Å². The molecule has 200 valence electrons. The van der Waals surface area contributed by atoms with Crippen LogP contribution < -0.4 is 14.9 Å². The minimum absolute atomic E-state index is 0.00627. The number of halogens is 1. The lowest BCUT2D eigenvalue weighted by atomic mass is 10.1. The minimum atomic E-state index is -0.774. The van der Waals surface area contributed by atoms with E-state index < -0.39 is 33.7 Å². The lowest BCUT2D eigenvalue weighted by molar-refractivity contribution is -0.394. The lowest BCUT2D eigenvalue weighted by Gasteiger charge is -2.13. The Morgan fingerprint density at radius 3 is 2.54 bits per heavy atom. The van der Waals surface area contributed by atoms with Gasteiger partial charge in [0.15, 0.2) is 6.61 Å². The Morgan fingerprint density at radius 2 is 1.92 bits per heavy atom. The number of carbonyl (C=O) groups is 1. The van der Waals surface area contributed by atoms with Crippen LogP contribution in [0.2, 0.25) is 0 Å². The molecule has 0 aliphatic carbocycles. The Labute approximate surface area is 229 Å². The molecule has 3 aromatic rings. The first kappa shape index (κ1) is 28.6. The van der Waals surface area contributed by atoms with Crippen molar-refractivity contribution in [3.05, 3.63) is 89.6 Å². The molecule has 1 heterocycles. The van der Waals surface area contributed by atoms with E-state index in [9.17, 15) is 30.3 Å². The Kier molecular flexibility index (Phi) is 9.57. The molecular formula is C24H19BrN6O8. The van der Waals surface area contributed by atoms with Gasteiger partial charge in [-0.2, -0.15) is 10.4 Å². The van der Waals surface area contributed by atoms with E-state index in [4.69, 9.17) is 14.2 Å². The predicted molar refractivity (Wildman–Crippen MR) is 140 cm³/mol. The van der Waals surface area contributed by atoms with Gasteiger partial charge in [0.05, 0.1) is 34.4 Å². The number of pyridine rings is 1. The Bertz CT molecular complexity index is 1490. The highest BCUT2D eigenvalue weighted by Crippen LogP contribution is 2.34. The number of nitriles is 1. The summed E-state index contributed by atoms with van der Waals surface area (Å²) in [4.78, 5) is 37.0. The van der Waals surface area contributed by atoms with Crippen molar-refractivity contribution in [2.24, 2.45) is 5.10 Å². The normalized spacial score (nSPS) is 10.6. The Balaban J connectivity index is 1.60. The molecule has 0 fully saturated rings. The van der Waals surface area contributed by atoms with Crippen molar-refractivity contribution in [1.82, 2.24) is 10.4 Å². The summed E-state index contributed by atoms with van der Waals surface area (Å²) in [7, 11) is 1.49. The van der Waals surface area contributed by atoms with E-state index >= 15 is 0 Å². The second-order valence-electron chi connectivity index (χ2n) is 7.63. The fourth-order valence-corrected chi connectivity index (χ4v) is 3.56. The van der Waals surface area contributed by atoms with Gasteiger partial charge >= 0.3 is 5.69 Å². The van der Waals surface area contributed by atoms with Gasteiger partial charge in [0.25, 0.3) is 11.6 Å². The zero-order chi connectivity index (χ0) is 28.5. The number of hydrazone groups is 1. The zero-order valence-electron chi connectivity index (χ0n) is 20.4. The van der Waals surface area contributed by atoms with Gasteiger partial charge in [-0.3, -0.25) is 25.0 Å². The summed E-state index contributed by atoms with van der Waals surface area (Å²) in [6, 6.07) is 11.2. The highest BCUT2D eigenvalue weighted by molar-refractivity contribution is 9.10. The maximum Gasteiger partial charge on any atom is 0.318 e. The molecule has 1 aromatic heterocycles. The van der Waals surface area contributed by atoms with E-state index in [1.54, 1.807) is 19.1 Å². The number of amides is 1. The molecule has 0 radical (unpaired) electrons. The first-order chi connectivity index (χ1) is 18.6. The molecule has 14 nitrogen and oxygen atoms in total. The number of methoxy groups -OCH3 is 1. The highest BCUT2D eigenvalue weighted by atomic mass is 79.9. The molecule has 39 heavy (non-hydrogen) atoms. The van der Waals surface area contributed by atoms with E-state index in [-0.39, 0.29) is 29.5 Å². The van der Waals surface area contributed by atoms with Gasteiger partial charge in [-0.25, -0.2) is 10.4 Å². The summed E-state index contributed by atoms with van der Waals surface area (Å²) >= 11 is 3.38. The lowest BCUT2D eigenvalue weighted by Crippen LogP contribution is -2.25. The Hall–Kier alpha value is -4.94. The molecule has 0 aliphatic rings. The van der Waals surface area contributed by atoms with Gasteiger partial charge in [-0.1, -0.05) is 0 Å². The van der Waals surface area contributed by atoms with Crippen LogP contribution in [0.15, 0.2) is 52.0 Å². The molecule has 2 aromatic carbocycles. The van der Waals surface area contributed by atoms with Crippen molar-refractivity contribution < 1.29 is 28.9 Å². The van der Waals surface area contributed by atoms with Crippen LogP contribution in [-0.4, -0.2) is 40.7 Å². The van der Waals surface area contributed by atoms with E-state index in [0.29, 0.717) is 21.3 Å². The number of benzene rings is 2. The number of rotatable bonds is 11. The summed E-state index contributed by atoms with van der Waals surface area (Å²) in [6.45, 7) is 1.41. The molecule has 1 N–H and O–H groups in total. The van der Waals surface area contributed by atoms with Gasteiger partial charge in [0.1, 0.15) is 17.4 Å². The van der Waals surface area contributed by atoms with Crippen molar-refractivity contribution in [1.29, 1.82) is 5.26 Å². The van der Waals surface area contributed by atoms with Gasteiger partial charge in [-0.15, -0.1) is 0 Å². The summed E-state index contributed by atoms with van der Waals surface area (Å²) in [5.74, 6) is -0.534. The summed E-state index contributed by atoms with van der Waals surface area (Å²) in [6.07, 6.45) is 1.34. The van der Waals surface area contributed by atoms with Crippen molar-refractivity contribution in [2.45, 2.75) is 13.5 Å². The van der Waals surface area contributed by atoms with E-state index in [1.165, 1.54) is 25.5 Å². The number of nitrogens with zero attached hydrogens (tertiary/aromatic N) is 5. The van der Waals surface area contributed by atoms with Crippen LogP contribution in [0.4, 0.5) is 11.4 Å². The molecule has 0 aliphatic heterocycles. The van der Waals surface area contributed by atoms with Crippen LogP contribution in [0, 0.1) is 38.5 Å². The average molecular weight is 599 g/mol. The number of carbonyl (C=O) groups excluding carboxylic acids is 1. The fourth-order valence-electron chi connectivity index (χ4n) is 3.16. The molecular weight excluding hydrogens is 580 g/mol. The molecule has 3 rings (SSSR count). The molecule has 15 heteroatoms. The third-order valence-corrected chi connectivity index (χ3v) is 6.02. The van der Waals surface area contributed by atoms with Gasteiger partial charge in [-0.05, 0) is 58.7 Å². The SMILES string of the molecule is COCc1c(Br)c(C)nc(OCC(=O)N/N=C/c2ccc(Oc3ccc([N+](=O)[O-])cc3[N+](=O)[O-])cc2)c1C#N. The number of nitrogens with one attached hydrogen (secondary N) is 1. The van der Waals surface area contributed by atoms with Gasteiger partial charge in [0.2, 0.25) is 11.6 Å². The van der Waals surface area contributed by atoms with Crippen molar-refractivity contribution in [3.63, 3.8) is 0 Å². The topological polar surface area (TPSA) is 192 Å². The highest BCUT2D eigenvalue weighted by Gasteiger charge is 2.21. The number of non-ortho nitro benzene ring substituents is 1. The molecule has 0 unspecified atom stereocenters. The standard InChI is InChI=1S/C24H19BrN6O8/c1-14-23(25)19(12-37-2)18(10-26)24(28-14)38-13-22(32)29-27-11-15-3-6-17(7-4-15)39-21-8-5-16(30(33)34)9-20(21)31(35)36/h3-9,11H,12-13H2,1-2H3,(H,29,32)/b27-11+. The molecule has 0 saturated carbocycles. The van der Waals surface area contributed by atoms with Gasteiger partial charge < -0.3 is 14.2 Å². The summed E-state index contributed by atoms with van der Waals surface area (Å²) in [5, 5.41) is 35.5. The van der Waals surface area contributed by atoms with Crippen LogP contribution in [0.25, 0.3) is 0 Å². The number of ether oxygens (including phenoxy) is 3. The van der Waals surface area contributed by atoms with Crippen LogP contribution in [0.1, 0.15) is 22.4 Å². The molecule has 0 saturated heterocycles. The smallest absolute Gasteiger partial charge is 0.318 e. The van der Waals surface area contributed by atoms with Crippen molar-refractivity contribution in [3.8, 4) is 23.4 Å². The number of hydrogen-bond donors (Lipinski definition) is 1. The summed E-state index contributed by atoms with van der Waals surface area (Å²) in [5.41, 5.74) is 3.13. The van der Waals surface area contributed by atoms with Crippen LogP contribution in [-0.2, 0) is 16.1 Å². The first-order valence-corrected chi connectivity index (χ1v) is 11.7. The van der Waals surface area contributed by atoms with Crippen LogP contribution >= 0.6 is 15.9 Å². The average Bonchev–Trinajstić information content (AvgIpc) is 2.91. The van der Waals surface area contributed by atoms with E-state index in [2.05, 4.69) is 31.4 Å². The largest absolute Gasteiger partial charge is 0.467 e. The summed E-state index contributed by atoms with van der Waals surface area (Å²) < 4.78 is 16.7. The predicted octanol–water partition coefficient (Wildman–Crippen LogP) is 4.31. The quantitative estimate of drug-likeness (QED) is 0.189.